The van der Waals surface area contributed by atoms with Crippen molar-refractivity contribution >= 4 is 27.3 Å². The van der Waals surface area contributed by atoms with Crippen LogP contribution in [0, 0.1) is 5.82 Å². The molecule has 0 unspecified atom stereocenters. The maximum Gasteiger partial charge on any atom is 0.335 e. The SMILES string of the molecule is O=C(CCCl)NCCc1nnc(S(=O)(=O)Cc2ccc(F)cc2)o1. The number of carbonyl (C=O) groups excluding carboxylic acids is 1. The second-order valence-electron chi connectivity index (χ2n) is 4.89. The summed E-state index contributed by atoms with van der Waals surface area (Å²) in [5.74, 6) is -0.723. The van der Waals surface area contributed by atoms with Gasteiger partial charge in [-0.15, -0.1) is 16.7 Å². The van der Waals surface area contributed by atoms with Crippen LogP contribution in [0.5, 0.6) is 0 Å². The number of hydrogen-bond acceptors (Lipinski definition) is 6. The highest BCUT2D eigenvalue weighted by atomic mass is 35.5. The van der Waals surface area contributed by atoms with Crippen LogP contribution in [0.4, 0.5) is 4.39 Å². The summed E-state index contributed by atoms with van der Waals surface area (Å²) in [6, 6.07) is 5.09. The summed E-state index contributed by atoms with van der Waals surface area (Å²) in [7, 11) is -3.82. The van der Waals surface area contributed by atoms with E-state index in [-0.39, 0.29) is 42.8 Å². The largest absolute Gasteiger partial charge is 0.412 e. The van der Waals surface area contributed by atoms with Gasteiger partial charge in [0.25, 0.3) is 0 Å². The molecule has 1 N–H and O–H groups in total. The number of halogens is 2. The van der Waals surface area contributed by atoms with Gasteiger partial charge in [0, 0.05) is 25.3 Å². The topological polar surface area (TPSA) is 102 Å². The summed E-state index contributed by atoms with van der Waals surface area (Å²) in [6.07, 6.45) is 0.399. The Kier molecular flexibility index (Phi) is 6.27. The number of amides is 1. The van der Waals surface area contributed by atoms with E-state index in [0.717, 1.165) is 0 Å². The van der Waals surface area contributed by atoms with Gasteiger partial charge >= 0.3 is 5.22 Å². The zero-order valence-corrected chi connectivity index (χ0v) is 14.1. The molecule has 0 aliphatic heterocycles. The Labute approximate surface area is 143 Å². The van der Waals surface area contributed by atoms with Crippen LogP contribution in [-0.2, 0) is 26.8 Å². The lowest BCUT2D eigenvalue weighted by Crippen LogP contribution is -2.25. The molecule has 0 aliphatic rings. The third-order valence-electron chi connectivity index (χ3n) is 2.97. The van der Waals surface area contributed by atoms with Crippen molar-refractivity contribution < 1.29 is 22.0 Å². The lowest BCUT2D eigenvalue weighted by Gasteiger charge is -2.01. The lowest BCUT2D eigenvalue weighted by molar-refractivity contribution is -0.120. The molecule has 0 spiro atoms. The van der Waals surface area contributed by atoms with Crippen LogP contribution in [0.2, 0.25) is 0 Å². The molecule has 0 saturated carbocycles. The zero-order chi connectivity index (χ0) is 17.6. The van der Waals surface area contributed by atoms with Crippen LogP contribution in [-0.4, -0.2) is 36.9 Å². The molecule has 10 heteroatoms. The molecule has 7 nitrogen and oxygen atoms in total. The average Bonchev–Trinajstić information content (AvgIpc) is 2.99. The first-order valence-corrected chi connectivity index (χ1v) is 9.21. The van der Waals surface area contributed by atoms with Crippen molar-refractivity contribution in [3.63, 3.8) is 0 Å². The van der Waals surface area contributed by atoms with Gasteiger partial charge in [-0.3, -0.25) is 4.79 Å². The fourth-order valence-electron chi connectivity index (χ4n) is 1.81. The smallest absolute Gasteiger partial charge is 0.335 e. The Morgan fingerprint density at radius 2 is 1.96 bits per heavy atom. The second-order valence-corrected chi connectivity index (χ2v) is 7.13. The molecule has 1 heterocycles. The van der Waals surface area contributed by atoms with E-state index in [1.165, 1.54) is 24.3 Å². The van der Waals surface area contributed by atoms with E-state index in [4.69, 9.17) is 16.0 Å². The number of nitrogens with zero attached hydrogens (tertiary/aromatic N) is 2. The summed E-state index contributed by atoms with van der Waals surface area (Å²) in [6.45, 7) is 0.232. The average molecular weight is 376 g/mol. The van der Waals surface area contributed by atoms with E-state index >= 15 is 0 Å². The van der Waals surface area contributed by atoms with Gasteiger partial charge in [-0.2, -0.15) is 0 Å². The molecular weight excluding hydrogens is 361 g/mol. The molecule has 24 heavy (non-hydrogen) atoms. The molecular formula is C14H15ClFN3O4S. The Morgan fingerprint density at radius 1 is 1.25 bits per heavy atom. The van der Waals surface area contributed by atoms with Gasteiger partial charge in [-0.05, 0) is 17.7 Å². The van der Waals surface area contributed by atoms with E-state index in [9.17, 15) is 17.6 Å². The molecule has 1 aromatic carbocycles. The molecule has 2 aromatic rings. The third kappa shape index (κ3) is 5.27. The Hall–Kier alpha value is -2.00. The Balaban J connectivity index is 1.95. The number of benzene rings is 1. The predicted octanol–water partition coefficient (Wildman–Crippen LogP) is 1.47. The summed E-state index contributed by atoms with van der Waals surface area (Å²) < 4.78 is 42.4. The molecule has 0 fully saturated rings. The molecule has 0 aliphatic carbocycles. The van der Waals surface area contributed by atoms with Crippen molar-refractivity contribution in [1.29, 1.82) is 0 Å². The number of alkyl halides is 1. The minimum atomic E-state index is -3.82. The Morgan fingerprint density at radius 3 is 2.62 bits per heavy atom. The highest BCUT2D eigenvalue weighted by Gasteiger charge is 2.23. The van der Waals surface area contributed by atoms with Crippen LogP contribution in [0.15, 0.2) is 33.9 Å². The predicted molar refractivity (Wildman–Crippen MR) is 83.6 cm³/mol. The summed E-state index contributed by atoms with van der Waals surface area (Å²) in [5.41, 5.74) is 0.407. The molecule has 0 radical (unpaired) electrons. The van der Waals surface area contributed by atoms with Crippen molar-refractivity contribution in [1.82, 2.24) is 15.5 Å². The minimum Gasteiger partial charge on any atom is -0.412 e. The molecule has 0 atom stereocenters. The van der Waals surface area contributed by atoms with E-state index in [0.29, 0.717) is 5.56 Å². The maximum atomic E-state index is 12.8. The van der Waals surface area contributed by atoms with Gasteiger partial charge in [-0.25, -0.2) is 12.8 Å². The molecule has 0 saturated heterocycles. The lowest BCUT2D eigenvalue weighted by atomic mass is 10.2. The van der Waals surface area contributed by atoms with Crippen molar-refractivity contribution in [3.05, 3.63) is 41.5 Å². The van der Waals surface area contributed by atoms with Crippen molar-refractivity contribution in [2.75, 3.05) is 12.4 Å². The fraction of sp³-hybridized carbons (Fsp3) is 0.357. The molecule has 2 rings (SSSR count). The number of aromatic nitrogens is 2. The number of carbonyl (C=O) groups is 1. The first-order valence-electron chi connectivity index (χ1n) is 7.03. The first kappa shape index (κ1) is 18.3. The van der Waals surface area contributed by atoms with Gasteiger partial charge in [0.1, 0.15) is 5.82 Å². The van der Waals surface area contributed by atoms with Gasteiger partial charge in [0.05, 0.1) is 5.75 Å². The van der Waals surface area contributed by atoms with Gasteiger partial charge in [0.2, 0.25) is 21.6 Å². The van der Waals surface area contributed by atoms with Gasteiger partial charge in [-0.1, -0.05) is 17.2 Å². The van der Waals surface area contributed by atoms with Gasteiger partial charge in [0.15, 0.2) is 0 Å². The van der Waals surface area contributed by atoms with Crippen LogP contribution < -0.4 is 5.32 Å². The summed E-state index contributed by atoms with van der Waals surface area (Å²) >= 11 is 5.43. The quantitative estimate of drug-likeness (QED) is 0.701. The standard InChI is InChI=1S/C14H15ClFN3O4S/c15-7-5-12(20)17-8-6-13-18-19-14(23-13)24(21,22)9-10-1-3-11(16)4-2-10/h1-4H,5-9H2,(H,17,20). The number of rotatable bonds is 8. The summed E-state index contributed by atoms with van der Waals surface area (Å²) in [5, 5.41) is 9.25. The summed E-state index contributed by atoms with van der Waals surface area (Å²) in [4.78, 5) is 11.2. The van der Waals surface area contributed by atoms with Crippen molar-refractivity contribution in [2.24, 2.45) is 0 Å². The highest BCUT2D eigenvalue weighted by Crippen LogP contribution is 2.15. The van der Waals surface area contributed by atoms with E-state index < -0.39 is 20.9 Å². The Bertz CT molecular complexity index is 793. The van der Waals surface area contributed by atoms with Crippen LogP contribution in [0.3, 0.4) is 0 Å². The zero-order valence-electron chi connectivity index (χ0n) is 12.5. The first-order chi connectivity index (χ1) is 11.4. The minimum absolute atomic E-state index is 0.0962. The number of sulfone groups is 1. The van der Waals surface area contributed by atoms with Crippen molar-refractivity contribution in [3.8, 4) is 0 Å². The monoisotopic (exact) mass is 375 g/mol. The van der Waals surface area contributed by atoms with E-state index in [2.05, 4.69) is 15.5 Å². The highest BCUT2D eigenvalue weighted by molar-refractivity contribution is 7.90. The molecule has 130 valence electrons. The van der Waals surface area contributed by atoms with Crippen molar-refractivity contribution in [2.45, 2.75) is 23.8 Å². The molecule has 0 bridgehead atoms. The van der Waals surface area contributed by atoms with E-state index in [1.54, 1.807) is 0 Å². The van der Waals surface area contributed by atoms with Crippen LogP contribution >= 0.6 is 11.6 Å². The maximum absolute atomic E-state index is 12.8. The third-order valence-corrected chi connectivity index (χ3v) is 4.57. The number of nitrogens with one attached hydrogen (secondary N) is 1. The normalized spacial score (nSPS) is 11.4. The van der Waals surface area contributed by atoms with E-state index in [1.807, 2.05) is 0 Å². The van der Waals surface area contributed by atoms with Crippen LogP contribution in [0.25, 0.3) is 0 Å². The molecule has 1 aromatic heterocycles. The fourth-order valence-corrected chi connectivity index (χ4v) is 3.12. The van der Waals surface area contributed by atoms with Gasteiger partial charge < -0.3 is 9.73 Å². The molecule has 1 amide bonds. The number of hydrogen-bond donors (Lipinski definition) is 1. The second kappa shape index (κ2) is 8.20. The van der Waals surface area contributed by atoms with Crippen LogP contribution in [0.1, 0.15) is 17.9 Å².